The second kappa shape index (κ2) is 7.47. The minimum absolute atomic E-state index is 0.0259. The van der Waals surface area contributed by atoms with E-state index < -0.39 is 0 Å². The second-order valence-electron chi connectivity index (χ2n) is 4.94. The Labute approximate surface area is 128 Å². The van der Waals surface area contributed by atoms with Gasteiger partial charge in [0.05, 0.1) is 6.61 Å². The van der Waals surface area contributed by atoms with Crippen LogP contribution in [0.25, 0.3) is 0 Å². The lowest BCUT2D eigenvalue weighted by Gasteiger charge is -2.17. The fourth-order valence-corrected chi connectivity index (χ4v) is 2.96. The van der Waals surface area contributed by atoms with Gasteiger partial charge in [-0.05, 0) is 30.2 Å². The van der Waals surface area contributed by atoms with Crippen molar-refractivity contribution in [2.75, 3.05) is 30.4 Å². The Morgan fingerprint density at radius 1 is 1.43 bits per heavy atom. The number of hydrogen-bond acceptors (Lipinski definition) is 5. The van der Waals surface area contributed by atoms with E-state index in [1.165, 1.54) is 11.8 Å². The van der Waals surface area contributed by atoms with E-state index in [4.69, 9.17) is 9.84 Å². The minimum atomic E-state index is -0.0259. The molecule has 6 heteroatoms. The number of hydrogen-bond donors (Lipinski definition) is 1. The summed E-state index contributed by atoms with van der Waals surface area (Å²) >= 11 is 1.28. The summed E-state index contributed by atoms with van der Waals surface area (Å²) < 4.78 is 5.29. The molecular weight excluding hydrogens is 290 g/mol. The molecule has 1 atom stereocenters. The highest BCUT2D eigenvalue weighted by Crippen LogP contribution is 2.28. The maximum Gasteiger partial charge on any atom is 0.227 e. The number of carbonyl (C=O) groups excluding carboxylic acids is 2. The van der Waals surface area contributed by atoms with E-state index in [1.807, 2.05) is 12.1 Å². The van der Waals surface area contributed by atoms with Crippen molar-refractivity contribution in [2.45, 2.75) is 13.3 Å². The van der Waals surface area contributed by atoms with Gasteiger partial charge in [0, 0.05) is 31.3 Å². The van der Waals surface area contributed by atoms with Gasteiger partial charge >= 0.3 is 0 Å². The molecule has 2 rings (SSSR count). The number of aliphatic hydroxyl groups is 1. The van der Waals surface area contributed by atoms with Crippen molar-refractivity contribution in [1.29, 1.82) is 0 Å². The largest absolute Gasteiger partial charge is 0.491 e. The van der Waals surface area contributed by atoms with Gasteiger partial charge in [-0.3, -0.25) is 9.59 Å². The topological polar surface area (TPSA) is 66.8 Å². The highest BCUT2D eigenvalue weighted by atomic mass is 32.2. The predicted molar refractivity (Wildman–Crippen MR) is 82.6 cm³/mol. The van der Waals surface area contributed by atoms with E-state index >= 15 is 0 Å². The highest BCUT2D eigenvalue weighted by molar-refractivity contribution is 8.13. The molecule has 1 aliphatic rings. The normalized spacial score (nSPS) is 18.1. The van der Waals surface area contributed by atoms with Crippen LogP contribution in [0.4, 0.5) is 5.69 Å². The van der Waals surface area contributed by atoms with Crippen LogP contribution in [0.2, 0.25) is 0 Å². The number of nitrogens with zero attached hydrogens (tertiary/aromatic N) is 1. The van der Waals surface area contributed by atoms with Gasteiger partial charge in [0.1, 0.15) is 12.4 Å². The molecule has 1 aromatic rings. The molecule has 0 saturated carbocycles. The van der Waals surface area contributed by atoms with Crippen LogP contribution in [0.5, 0.6) is 5.75 Å². The first-order chi connectivity index (χ1) is 10.1. The molecule has 5 nitrogen and oxygen atoms in total. The zero-order chi connectivity index (χ0) is 15.2. The molecular formula is C15H19NO4S. The zero-order valence-electron chi connectivity index (χ0n) is 11.9. The van der Waals surface area contributed by atoms with Gasteiger partial charge in [0.15, 0.2) is 5.12 Å². The summed E-state index contributed by atoms with van der Waals surface area (Å²) in [5, 5.41) is 8.79. The molecule has 21 heavy (non-hydrogen) atoms. The number of rotatable bonds is 6. The molecule has 0 bridgehead atoms. The summed E-state index contributed by atoms with van der Waals surface area (Å²) in [5.41, 5.74) is 0.840. The number of benzene rings is 1. The first-order valence-electron chi connectivity index (χ1n) is 6.87. The lowest BCUT2D eigenvalue weighted by atomic mass is 10.1. The van der Waals surface area contributed by atoms with Crippen LogP contribution in [0.1, 0.15) is 13.3 Å². The van der Waals surface area contributed by atoms with Crippen LogP contribution in [-0.4, -0.2) is 41.6 Å². The molecule has 1 unspecified atom stereocenters. The van der Waals surface area contributed by atoms with Gasteiger partial charge in [0.25, 0.3) is 0 Å². The van der Waals surface area contributed by atoms with Gasteiger partial charge < -0.3 is 14.7 Å². The maximum atomic E-state index is 12.1. The summed E-state index contributed by atoms with van der Waals surface area (Å²) in [4.78, 5) is 24.8. The first kappa shape index (κ1) is 15.9. The van der Waals surface area contributed by atoms with Crippen LogP contribution >= 0.6 is 11.8 Å². The van der Waals surface area contributed by atoms with E-state index in [9.17, 15) is 9.59 Å². The quantitative estimate of drug-likeness (QED) is 0.866. The average molecular weight is 309 g/mol. The van der Waals surface area contributed by atoms with Crippen molar-refractivity contribution < 1.29 is 19.4 Å². The molecule has 0 spiro atoms. The molecule has 0 aliphatic carbocycles. The minimum Gasteiger partial charge on any atom is -0.491 e. The van der Waals surface area contributed by atoms with Gasteiger partial charge in [-0.2, -0.15) is 0 Å². The number of ether oxygens (including phenoxy) is 1. The monoisotopic (exact) mass is 309 g/mol. The van der Waals surface area contributed by atoms with Crippen LogP contribution in [0.15, 0.2) is 24.3 Å². The maximum absolute atomic E-state index is 12.1. The SMILES string of the molecule is CC(=O)SCC1CC(=O)N(c2ccc(OCCO)cc2)C1. The summed E-state index contributed by atoms with van der Waals surface area (Å²) in [7, 11) is 0. The molecule has 0 aromatic heterocycles. The Kier molecular flexibility index (Phi) is 5.64. The molecule has 1 amide bonds. The first-order valence-corrected chi connectivity index (χ1v) is 7.86. The van der Waals surface area contributed by atoms with E-state index in [1.54, 1.807) is 24.0 Å². The second-order valence-corrected chi connectivity index (χ2v) is 6.14. The average Bonchev–Trinajstić information content (AvgIpc) is 2.84. The van der Waals surface area contributed by atoms with Crippen molar-refractivity contribution in [3.05, 3.63) is 24.3 Å². The molecule has 1 heterocycles. The third kappa shape index (κ3) is 4.47. The summed E-state index contributed by atoms with van der Waals surface area (Å²) in [6, 6.07) is 7.25. The van der Waals surface area contributed by atoms with Crippen molar-refractivity contribution in [3.63, 3.8) is 0 Å². The van der Waals surface area contributed by atoms with Gasteiger partial charge in [0.2, 0.25) is 5.91 Å². The van der Waals surface area contributed by atoms with Gasteiger partial charge in [-0.15, -0.1) is 0 Å². The van der Waals surface area contributed by atoms with Crippen molar-refractivity contribution in [1.82, 2.24) is 0 Å². The van der Waals surface area contributed by atoms with Crippen LogP contribution in [0, 0.1) is 5.92 Å². The molecule has 1 aliphatic heterocycles. The van der Waals surface area contributed by atoms with Crippen molar-refractivity contribution in [3.8, 4) is 5.75 Å². The van der Waals surface area contributed by atoms with Crippen LogP contribution in [-0.2, 0) is 9.59 Å². The van der Waals surface area contributed by atoms with E-state index in [2.05, 4.69) is 0 Å². The zero-order valence-corrected chi connectivity index (χ0v) is 12.8. The Balaban J connectivity index is 1.95. The number of carbonyl (C=O) groups is 2. The van der Waals surface area contributed by atoms with Crippen molar-refractivity contribution in [2.24, 2.45) is 5.92 Å². The molecule has 0 radical (unpaired) electrons. The third-order valence-corrected chi connectivity index (χ3v) is 4.28. The predicted octanol–water partition coefficient (Wildman–Crippen LogP) is 1.69. The number of thioether (sulfide) groups is 1. The van der Waals surface area contributed by atoms with E-state index in [-0.39, 0.29) is 30.2 Å². The fraction of sp³-hybridized carbons (Fsp3) is 0.467. The Morgan fingerprint density at radius 3 is 2.76 bits per heavy atom. The smallest absolute Gasteiger partial charge is 0.227 e. The van der Waals surface area contributed by atoms with E-state index in [0.29, 0.717) is 24.5 Å². The summed E-state index contributed by atoms with van der Waals surface area (Å²) in [6.45, 7) is 2.43. The number of anilines is 1. The Bertz CT molecular complexity index is 503. The Hall–Kier alpha value is -1.53. The van der Waals surface area contributed by atoms with Crippen molar-refractivity contribution >= 4 is 28.5 Å². The van der Waals surface area contributed by atoms with Crippen LogP contribution in [0.3, 0.4) is 0 Å². The van der Waals surface area contributed by atoms with Gasteiger partial charge in [-0.25, -0.2) is 0 Å². The Morgan fingerprint density at radius 2 is 2.14 bits per heavy atom. The standard InChI is InChI=1S/C15H19NO4S/c1-11(18)21-10-12-8-15(19)16(9-12)13-2-4-14(5-3-13)20-7-6-17/h2-5,12,17H,6-10H2,1H3. The van der Waals surface area contributed by atoms with E-state index in [0.717, 1.165) is 5.69 Å². The summed E-state index contributed by atoms with van der Waals surface area (Å²) in [5.74, 6) is 1.67. The summed E-state index contributed by atoms with van der Waals surface area (Å²) in [6.07, 6.45) is 0.489. The molecule has 1 fully saturated rings. The lowest BCUT2D eigenvalue weighted by Crippen LogP contribution is -2.24. The van der Waals surface area contributed by atoms with Gasteiger partial charge in [-0.1, -0.05) is 11.8 Å². The lowest BCUT2D eigenvalue weighted by molar-refractivity contribution is -0.117. The molecule has 1 N–H and O–H groups in total. The third-order valence-electron chi connectivity index (χ3n) is 3.24. The number of amides is 1. The molecule has 1 saturated heterocycles. The highest BCUT2D eigenvalue weighted by Gasteiger charge is 2.30. The molecule has 1 aromatic carbocycles. The van der Waals surface area contributed by atoms with Crippen LogP contribution < -0.4 is 9.64 Å². The number of aliphatic hydroxyl groups excluding tert-OH is 1. The fourth-order valence-electron chi connectivity index (χ4n) is 2.26. The molecule has 114 valence electrons.